The smallest absolute Gasteiger partial charge is 0.259 e. The van der Waals surface area contributed by atoms with Gasteiger partial charge in [-0.15, -0.1) is 0 Å². The highest BCUT2D eigenvalue weighted by atomic mass is 16.3. The molecule has 1 amide bonds. The van der Waals surface area contributed by atoms with Gasteiger partial charge in [-0.25, -0.2) is 0 Å². The lowest BCUT2D eigenvalue weighted by Gasteiger charge is -2.19. The van der Waals surface area contributed by atoms with Gasteiger partial charge in [-0.05, 0) is 48.4 Å². The molecule has 3 heteroatoms. The lowest BCUT2D eigenvalue weighted by atomic mass is 9.86. The summed E-state index contributed by atoms with van der Waals surface area (Å²) >= 11 is 0. The monoisotopic (exact) mass is 269 g/mol. The second-order valence-electron chi connectivity index (χ2n) is 6.06. The van der Waals surface area contributed by atoms with E-state index in [-0.39, 0.29) is 11.3 Å². The summed E-state index contributed by atoms with van der Waals surface area (Å²) in [5, 5.41) is 3.02. The number of aryl methyl sites for hydroxylation is 1. The van der Waals surface area contributed by atoms with E-state index in [2.05, 4.69) is 25.2 Å². The van der Waals surface area contributed by atoms with Crippen LogP contribution in [0.3, 0.4) is 0 Å². The van der Waals surface area contributed by atoms with Gasteiger partial charge in [-0.2, -0.15) is 0 Å². The maximum Gasteiger partial charge on any atom is 0.259 e. The predicted molar refractivity (Wildman–Crippen MR) is 79.2 cm³/mol. The number of furan rings is 1. The first-order valence-corrected chi connectivity index (χ1v) is 6.97. The van der Waals surface area contributed by atoms with E-state index in [9.17, 15) is 4.79 Å². The number of rotatable bonds is 2. The van der Waals surface area contributed by atoms with E-state index < -0.39 is 0 Å². The van der Waals surface area contributed by atoms with E-state index in [1.54, 1.807) is 19.3 Å². The molecule has 104 valence electrons. The van der Waals surface area contributed by atoms with Crippen LogP contribution in [0.2, 0.25) is 0 Å². The fourth-order valence-electron chi connectivity index (χ4n) is 2.99. The van der Waals surface area contributed by atoms with Gasteiger partial charge < -0.3 is 9.73 Å². The van der Waals surface area contributed by atoms with Crippen LogP contribution in [0.15, 0.2) is 34.9 Å². The molecule has 3 nitrogen and oxygen atoms in total. The number of amides is 1. The molecular weight excluding hydrogens is 250 g/mol. The van der Waals surface area contributed by atoms with Crippen LogP contribution in [0, 0.1) is 6.92 Å². The Hall–Kier alpha value is -2.03. The van der Waals surface area contributed by atoms with Gasteiger partial charge in [-0.1, -0.05) is 26.0 Å². The average molecular weight is 269 g/mol. The standard InChI is InChI=1S/C17H19NO2/c1-11-12(8-10-20-11)16(19)18-15-6-4-5-14-13(15)7-9-17(14,2)3/h4-6,8,10H,7,9H2,1-3H3,(H,18,19). The van der Waals surface area contributed by atoms with E-state index in [0.717, 1.165) is 18.5 Å². The minimum atomic E-state index is -0.102. The van der Waals surface area contributed by atoms with Gasteiger partial charge in [0.25, 0.3) is 5.91 Å². The summed E-state index contributed by atoms with van der Waals surface area (Å²) in [6, 6.07) is 7.87. The highest BCUT2D eigenvalue weighted by molar-refractivity contribution is 6.05. The van der Waals surface area contributed by atoms with Crippen LogP contribution in [0.25, 0.3) is 0 Å². The fraction of sp³-hybridized carbons (Fsp3) is 0.353. The Morgan fingerprint density at radius 1 is 1.30 bits per heavy atom. The molecule has 0 radical (unpaired) electrons. The third kappa shape index (κ3) is 2.03. The zero-order chi connectivity index (χ0) is 14.3. The molecule has 1 aliphatic rings. The SMILES string of the molecule is Cc1occc1C(=O)Nc1cccc2c1CCC2(C)C. The summed E-state index contributed by atoms with van der Waals surface area (Å²) in [4.78, 5) is 12.3. The minimum Gasteiger partial charge on any atom is -0.469 e. The molecule has 1 heterocycles. The molecular formula is C17H19NO2. The Kier molecular flexibility index (Phi) is 2.93. The van der Waals surface area contributed by atoms with Crippen molar-refractivity contribution >= 4 is 11.6 Å². The summed E-state index contributed by atoms with van der Waals surface area (Å²) in [6.45, 7) is 6.31. The molecule has 0 spiro atoms. The molecule has 0 bridgehead atoms. The molecule has 0 saturated carbocycles. The fourth-order valence-corrected chi connectivity index (χ4v) is 2.99. The van der Waals surface area contributed by atoms with Crippen molar-refractivity contribution in [2.24, 2.45) is 0 Å². The van der Waals surface area contributed by atoms with Crippen molar-refractivity contribution in [2.75, 3.05) is 5.32 Å². The molecule has 0 fully saturated rings. The lowest BCUT2D eigenvalue weighted by molar-refractivity contribution is 0.102. The quantitative estimate of drug-likeness (QED) is 0.893. The third-order valence-corrected chi connectivity index (χ3v) is 4.26. The van der Waals surface area contributed by atoms with Gasteiger partial charge in [0.05, 0.1) is 11.8 Å². The van der Waals surface area contributed by atoms with Crippen LogP contribution in [-0.2, 0) is 11.8 Å². The summed E-state index contributed by atoms with van der Waals surface area (Å²) in [5.41, 5.74) is 4.34. The first kappa shape index (κ1) is 13.0. The van der Waals surface area contributed by atoms with Gasteiger partial charge in [0.1, 0.15) is 5.76 Å². The minimum absolute atomic E-state index is 0.102. The van der Waals surface area contributed by atoms with E-state index in [0.29, 0.717) is 11.3 Å². The van der Waals surface area contributed by atoms with Gasteiger partial charge in [0.2, 0.25) is 0 Å². The number of anilines is 1. The van der Waals surface area contributed by atoms with Crippen molar-refractivity contribution in [1.82, 2.24) is 0 Å². The molecule has 3 rings (SSSR count). The van der Waals surface area contributed by atoms with Gasteiger partial charge in [0, 0.05) is 5.69 Å². The first-order valence-electron chi connectivity index (χ1n) is 6.97. The van der Waals surface area contributed by atoms with E-state index in [1.165, 1.54) is 11.1 Å². The number of nitrogens with one attached hydrogen (secondary N) is 1. The van der Waals surface area contributed by atoms with Crippen molar-refractivity contribution in [3.63, 3.8) is 0 Å². The average Bonchev–Trinajstić information content (AvgIpc) is 2.95. The summed E-state index contributed by atoms with van der Waals surface area (Å²) < 4.78 is 5.19. The maximum absolute atomic E-state index is 12.3. The van der Waals surface area contributed by atoms with Crippen molar-refractivity contribution in [2.45, 2.75) is 39.0 Å². The second-order valence-corrected chi connectivity index (χ2v) is 6.06. The van der Waals surface area contributed by atoms with Crippen LogP contribution in [0.4, 0.5) is 5.69 Å². The highest BCUT2D eigenvalue weighted by Gasteiger charge is 2.31. The molecule has 2 aromatic rings. The molecule has 20 heavy (non-hydrogen) atoms. The Morgan fingerprint density at radius 3 is 2.80 bits per heavy atom. The number of fused-ring (bicyclic) bond motifs is 1. The lowest BCUT2D eigenvalue weighted by Crippen LogP contribution is -2.15. The van der Waals surface area contributed by atoms with Crippen molar-refractivity contribution in [1.29, 1.82) is 0 Å². The second kappa shape index (κ2) is 4.51. The molecule has 0 saturated heterocycles. The Balaban J connectivity index is 1.92. The number of hydrogen-bond acceptors (Lipinski definition) is 2. The number of carbonyl (C=O) groups is 1. The van der Waals surface area contributed by atoms with E-state index in [1.807, 2.05) is 12.1 Å². The maximum atomic E-state index is 12.3. The van der Waals surface area contributed by atoms with Crippen LogP contribution in [0.1, 0.15) is 47.5 Å². The van der Waals surface area contributed by atoms with Crippen LogP contribution in [-0.4, -0.2) is 5.91 Å². The van der Waals surface area contributed by atoms with Gasteiger partial charge in [0.15, 0.2) is 0 Å². The summed E-state index contributed by atoms with van der Waals surface area (Å²) in [7, 11) is 0. The van der Waals surface area contributed by atoms with Gasteiger partial charge >= 0.3 is 0 Å². The summed E-state index contributed by atoms with van der Waals surface area (Å²) in [6.07, 6.45) is 3.69. The predicted octanol–water partition coefficient (Wildman–Crippen LogP) is 4.06. The number of carbonyl (C=O) groups excluding carboxylic acids is 1. The summed E-state index contributed by atoms with van der Waals surface area (Å²) in [5.74, 6) is 0.546. The Morgan fingerprint density at radius 2 is 2.10 bits per heavy atom. The topological polar surface area (TPSA) is 42.2 Å². The van der Waals surface area contributed by atoms with Crippen molar-refractivity contribution in [3.8, 4) is 0 Å². The zero-order valence-electron chi connectivity index (χ0n) is 12.1. The first-order chi connectivity index (χ1) is 9.49. The van der Waals surface area contributed by atoms with Gasteiger partial charge in [-0.3, -0.25) is 4.79 Å². The molecule has 0 unspecified atom stereocenters. The Labute approximate surface area is 119 Å². The van der Waals surface area contributed by atoms with Crippen LogP contribution < -0.4 is 5.32 Å². The molecule has 1 aliphatic carbocycles. The zero-order valence-corrected chi connectivity index (χ0v) is 12.1. The molecule has 0 atom stereocenters. The van der Waals surface area contributed by atoms with E-state index in [4.69, 9.17) is 4.42 Å². The number of benzene rings is 1. The molecule has 1 aromatic carbocycles. The van der Waals surface area contributed by atoms with Crippen molar-refractivity contribution in [3.05, 3.63) is 53.0 Å². The number of hydrogen-bond donors (Lipinski definition) is 1. The van der Waals surface area contributed by atoms with Crippen LogP contribution in [0.5, 0.6) is 0 Å². The highest BCUT2D eigenvalue weighted by Crippen LogP contribution is 2.41. The normalized spacial score (nSPS) is 15.9. The Bertz CT molecular complexity index is 667. The van der Waals surface area contributed by atoms with Crippen molar-refractivity contribution < 1.29 is 9.21 Å². The van der Waals surface area contributed by atoms with Crippen LogP contribution >= 0.6 is 0 Å². The third-order valence-electron chi connectivity index (χ3n) is 4.26. The molecule has 1 aromatic heterocycles. The molecule has 1 N–H and O–H groups in total. The largest absolute Gasteiger partial charge is 0.469 e. The van der Waals surface area contributed by atoms with E-state index >= 15 is 0 Å². The molecule has 0 aliphatic heterocycles.